The second-order valence-corrected chi connectivity index (χ2v) is 7.26. The van der Waals surface area contributed by atoms with Gasteiger partial charge >= 0.3 is 5.92 Å². The first-order valence-electron chi connectivity index (χ1n) is 9.19. The summed E-state index contributed by atoms with van der Waals surface area (Å²) < 4.78 is 59.0. The number of rotatable bonds is 9. The third-order valence-corrected chi connectivity index (χ3v) is 5.04. The van der Waals surface area contributed by atoms with Gasteiger partial charge in [0.15, 0.2) is 5.60 Å². The Labute approximate surface area is 170 Å². The van der Waals surface area contributed by atoms with Crippen LogP contribution >= 0.6 is 0 Å². The summed E-state index contributed by atoms with van der Waals surface area (Å²) in [5.74, 6) is -0.857. The largest absolute Gasteiger partial charge is 0.377 e. The van der Waals surface area contributed by atoms with Gasteiger partial charge in [-0.1, -0.05) is 6.07 Å². The van der Waals surface area contributed by atoms with Crippen LogP contribution in [0, 0.1) is 17.6 Å². The summed E-state index contributed by atoms with van der Waals surface area (Å²) >= 11 is 0. The zero-order chi connectivity index (χ0) is 21.9. The van der Waals surface area contributed by atoms with Crippen LogP contribution < -0.4 is 5.84 Å². The summed E-state index contributed by atoms with van der Waals surface area (Å²) in [5.41, 5.74) is -4.02. The smallest absolute Gasteiger partial charge is 0.323 e. The van der Waals surface area contributed by atoms with Crippen LogP contribution in [-0.2, 0) is 17.9 Å². The normalized spacial score (nSPS) is 16.4. The Morgan fingerprint density at radius 2 is 2.00 bits per heavy atom. The molecule has 160 valence electrons. The standard InChI is InChI=1S/C20H21F4N5O/c1-26-29(12-28-25)11-19(30,16-6-5-15(21)9-17(16)22)20(23,24)18-7-4-14(10-27-18)8-13-2-3-13/h4-7,9-10,12-13,30H,1-3,8,11,25H2/b28-12-. The zero-order valence-electron chi connectivity index (χ0n) is 16.0. The molecule has 1 aliphatic carbocycles. The SMILES string of the molecule is C=NN(/C=N\N)CC(O)(c1ccc(F)cc1F)C(F)(F)c1ccc(CC2CC2)cn1. The van der Waals surface area contributed by atoms with Crippen LogP contribution in [-0.4, -0.2) is 34.7 Å². The molecule has 0 amide bonds. The van der Waals surface area contributed by atoms with Crippen molar-refractivity contribution in [3.63, 3.8) is 0 Å². The fourth-order valence-corrected chi connectivity index (χ4v) is 3.22. The molecule has 0 bridgehead atoms. The lowest BCUT2D eigenvalue weighted by atomic mass is 9.84. The monoisotopic (exact) mass is 423 g/mol. The topological polar surface area (TPSA) is 87.1 Å². The van der Waals surface area contributed by atoms with Gasteiger partial charge in [-0.15, -0.1) is 0 Å². The molecule has 1 fully saturated rings. The quantitative estimate of drug-likeness (QED) is 0.213. The van der Waals surface area contributed by atoms with Crippen molar-refractivity contribution in [3.05, 3.63) is 65.0 Å². The maximum Gasteiger partial charge on any atom is 0.323 e. The minimum absolute atomic E-state index is 0.408. The number of alkyl halides is 2. The highest BCUT2D eigenvalue weighted by molar-refractivity contribution is 5.55. The van der Waals surface area contributed by atoms with E-state index in [4.69, 9.17) is 5.84 Å². The lowest BCUT2D eigenvalue weighted by Gasteiger charge is -2.37. The summed E-state index contributed by atoms with van der Waals surface area (Å²) in [6, 6.07) is 4.52. The number of nitrogens with two attached hydrogens (primary N) is 1. The number of benzene rings is 1. The molecule has 3 rings (SSSR count). The highest BCUT2D eigenvalue weighted by atomic mass is 19.3. The van der Waals surface area contributed by atoms with Crippen LogP contribution in [0.25, 0.3) is 0 Å². The first kappa shape index (κ1) is 21.7. The van der Waals surface area contributed by atoms with Crippen molar-refractivity contribution in [3.8, 4) is 0 Å². The predicted octanol–water partition coefficient (Wildman–Crippen LogP) is 3.11. The van der Waals surface area contributed by atoms with Crippen molar-refractivity contribution in [2.75, 3.05) is 6.54 Å². The van der Waals surface area contributed by atoms with Crippen LogP contribution in [0.4, 0.5) is 17.6 Å². The van der Waals surface area contributed by atoms with Gasteiger partial charge in [-0.25, -0.2) is 13.8 Å². The molecule has 1 saturated carbocycles. The van der Waals surface area contributed by atoms with Gasteiger partial charge in [-0.05, 0) is 48.9 Å². The van der Waals surface area contributed by atoms with Crippen LogP contribution in [0.5, 0.6) is 0 Å². The molecule has 6 nitrogen and oxygen atoms in total. The highest BCUT2D eigenvalue weighted by Crippen LogP contribution is 2.46. The first-order valence-corrected chi connectivity index (χ1v) is 9.19. The third-order valence-electron chi connectivity index (χ3n) is 5.04. The average Bonchev–Trinajstić information content (AvgIpc) is 3.51. The van der Waals surface area contributed by atoms with Crippen LogP contribution in [0.15, 0.2) is 46.7 Å². The molecular weight excluding hydrogens is 402 g/mol. The average molecular weight is 423 g/mol. The van der Waals surface area contributed by atoms with E-state index in [-0.39, 0.29) is 0 Å². The lowest BCUT2D eigenvalue weighted by molar-refractivity contribution is -0.203. The summed E-state index contributed by atoms with van der Waals surface area (Å²) in [5, 5.41) is 18.4. The molecule has 10 heteroatoms. The molecule has 0 radical (unpaired) electrons. The van der Waals surface area contributed by atoms with Crippen molar-refractivity contribution >= 4 is 13.1 Å². The Kier molecular flexibility index (Phi) is 6.06. The van der Waals surface area contributed by atoms with E-state index in [2.05, 4.69) is 21.9 Å². The van der Waals surface area contributed by atoms with Gasteiger partial charge in [-0.3, -0.25) is 4.98 Å². The fraction of sp³-hybridized carbons (Fsp3) is 0.350. The molecule has 1 aromatic carbocycles. The number of aromatic nitrogens is 1. The Balaban J connectivity index is 2.05. The number of pyridine rings is 1. The van der Waals surface area contributed by atoms with Crippen molar-refractivity contribution in [1.29, 1.82) is 0 Å². The van der Waals surface area contributed by atoms with E-state index in [1.54, 1.807) is 0 Å². The maximum absolute atomic E-state index is 15.6. The molecule has 30 heavy (non-hydrogen) atoms. The number of halogens is 4. The van der Waals surface area contributed by atoms with Crippen LogP contribution in [0.3, 0.4) is 0 Å². The van der Waals surface area contributed by atoms with Gasteiger partial charge < -0.3 is 10.9 Å². The maximum atomic E-state index is 15.6. The molecule has 3 N–H and O–H groups in total. The van der Waals surface area contributed by atoms with E-state index in [0.717, 1.165) is 54.4 Å². The van der Waals surface area contributed by atoms with Crippen LogP contribution in [0.2, 0.25) is 0 Å². The fourth-order valence-electron chi connectivity index (χ4n) is 3.22. The summed E-state index contributed by atoms with van der Waals surface area (Å²) in [6.07, 6.45) is 5.07. The van der Waals surface area contributed by atoms with Crippen molar-refractivity contribution in [1.82, 2.24) is 9.99 Å². The summed E-state index contributed by atoms with van der Waals surface area (Å²) in [4.78, 5) is 3.82. The van der Waals surface area contributed by atoms with Gasteiger partial charge in [0, 0.05) is 24.5 Å². The second kappa shape index (κ2) is 8.39. The van der Waals surface area contributed by atoms with E-state index in [1.165, 1.54) is 12.3 Å². The molecule has 0 aliphatic heterocycles. The number of hydrogen-bond acceptors (Lipinski definition) is 5. The molecule has 1 unspecified atom stereocenters. The molecule has 2 aromatic rings. The minimum atomic E-state index is -4.09. The molecular formula is C20H21F4N5O. The molecule has 1 aliphatic rings. The van der Waals surface area contributed by atoms with E-state index in [0.29, 0.717) is 12.0 Å². The Morgan fingerprint density at radius 1 is 1.27 bits per heavy atom. The van der Waals surface area contributed by atoms with Crippen molar-refractivity contribution < 1.29 is 22.7 Å². The number of hydrazone groups is 2. The highest BCUT2D eigenvalue weighted by Gasteiger charge is 2.58. The third kappa shape index (κ3) is 4.28. The van der Waals surface area contributed by atoms with E-state index in [1.807, 2.05) is 0 Å². The molecule has 1 atom stereocenters. The van der Waals surface area contributed by atoms with E-state index in [9.17, 15) is 13.9 Å². The van der Waals surface area contributed by atoms with Gasteiger partial charge in [0.05, 0.1) is 6.54 Å². The first-order chi connectivity index (χ1) is 14.2. The number of nitrogens with zero attached hydrogens (tertiary/aromatic N) is 4. The summed E-state index contributed by atoms with van der Waals surface area (Å²) in [7, 11) is 0. The van der Waals surface area contributed by atoms with Crippen molar-refractivity contribution in [2.24, 2.45) is 22.0 Å². The van der Waals surface area contributed by atoms with E-state index < -0.39 is 41.0 Å². The zero-order valence-corrected chi connectivity index (χ0v) is 16.0. The molecule has 0 saturated heterocycles. The Morgan fingerprint density at radius 3 is 2.53 bits per heavy atom. The molecule has 1 aromatic heterocycles. The predicted molar refractivity (Wildman–Crippen MR) is 104 cm³/mol. The minimum Gasteiger partial charge on any atom is -0.377 e. The van der Waals surface area contributed by atoms with Gasteiger partial charge in [0.2, 0.25) is 0 Å². The van der Waals surface area contributed by atoms with Gasteiger partial charge in [-0.2, -0.15) is 19.0 Å². The second-order valence-electron chi connectivity index (χ2n) is 7.26. The van der Waals surface area contributed by atoms with E-state index >= 15 is 8.78 Å². The molecule has 1 heterocycles. The Hall–Kier alpha value is -3.01. The van der Waals surface area contributed by atoms with Crippen LogP contribution in [0.1, 0.15) is 29.7 Å². The number of aliphatic hydroxyl groups is 1. The molecule has 0 spiro atoms. The van der Waals surface area contributed by atoms with Crippen molar-refractivity contribution in [2.45, 2.75) is 30.8 Å². The van der Waals surface area contributed by atoms with Gasteiger partial charge in [0.1, 0.15) is 23.7 Å². The Bertz CT molecular complexity index is 933. The lowest BCUT2D eigenvalue weighted by Crippen LogP contribution is -2.51. The number of hydrogen-bond donors (Lipinski definition) is 2. The van der Waals surface area contributed by atoms with Gasteiger partial charge in [0.25, 0.3) is 0 Å². The summed E-state index contributed by atoms with van der Waals surface area (Å²) in [6.45, 7) is 2.22.